The largest absolute Gasteiger partial charge is 0.300 e. The SMILES string of the molecule is O=C1CC2CCCC(C1)N2C1CC=CC1. The van der Waals surface area contributed by atoms with Crippen LogP contribution in [0.15, 0.2) is 12.2 Å². The summed E-state index contributed by atoms with van der Waals surface area (Å²) in [5, 5.41) is 0. The number of nitrogens with zero attached hydrogens (tertiary/aromatic N) is 1. The maximum absolute atomic E-state index is 11.6. The summed E-state index contributed by atoms with van der Waals surface area (Å²) in [6.07, 6.45) is 12.5. The van der Waals surface area contributed by atoms with E-state index >= 15 is 0 Å². The molecule has 15 heavy (non-hydrogen) atoms. The van der Waals surface area contributed by atoms with E-state index in [4.69, 9.17) is 0 Å². The second kappa shape index (κ2) is 3.75. The van der Waals surface area contributed by atoms with E-state index in [2.05, 4.69) is 17.1 Å². The molecule has 3 aliphatic rings. The van der Waals surface area contributed by atoms with Crippen LogP contribution in [0.5, 0.6) is 0 Å². The third kappa shape index (κ3) is 1.65. The Balaban J connectivity index is 1.78. The molecule has 0 aromatic rings. The van der Waals surface area contributed by atoms with Crippen LogP contribution in [-0.2, 0) is 4.79 Å². The summed E-state index contributed by atoms with van der Waals surface area (Å²) in [6, 6.07) is 1.87. The summed E-state index contributed by atoms with van der Waals surface area (Å²) in [7, 11) is 0. The molecule has 2 atom stereocenters. The lowest BCUT2D eigenvalue weighted by Gasteiger charge is -2.48. The first kappa shape index (κ1) is 9.59. The van der Waals surface area contributed by atoms with Gasteiger partial charge in [-0.1, -0.05) is 18.6 Å². The van der Waals surface area contributed by atoms with Crippen LogP contribution in [0.25, 0.3) is 0 Å². The van der Waals surface area contributed by atoms with Gasteiger partial charge in [-0.2, -0.15) is 0 Å². The smallest absolute Gasteiger partial charge is 0.136 e. The summed E-state index contributed by atoms with van der Waals surface area (Å²) in [5.41, 5.74) is 0. The van der Waals surface area contributed by atoms with Gasteiger partial charge in [-0.25, -0.2) is 0 Å². The van der Waals surface area contributed by atoms with Gasteiger partial charge in [0.2, 0.25) is 0 Å². The van der Waals surface area contributed by atoms with Gasteiger partial charge in [0.15, 0.2) is 0 Å². The van der Waals surface area contributed by atoms with Gasteiger partial charge in [-0.15, -0.1) is 0 Å². The quantitative estimate of drug-likeness (QED) is 0.612. The van der Waals surface area contributed by atoms with E-state index in [9.17, 15) is 4.79 Å². The number of fused-ring (bicyclic) bond motifs is 2. The number of hydrogen-bond acceptors (Lipinski definition) is 2. The lowest BCUT2D eigenvalue weighted by atomic mass is 9.82. The van der Waals surface area contributed by atoms with Gasteiger partial charge in [0.05, 0.1) is 0 Å². The first-order valence-corrected chi connectivity index (χ1v) is 6.29. The maximum Gasteiger partial charge on any atom is 0.136 e. The van der Waals surface area contributed by atoms with Crippen molar-refractivity contribution >= 4 is 5.78 Å². The zero-order valence-electron chi connectivity index (χ0n) is 9.19. The van der Waals surface area contributed by atoms with E-state index in [-0.39, 0.29) is 0 Å². The average Bonchev–Trinajstić information content (AvgIpc) is 2.68. The minimum atomic E-state index is 0.506. The Morgan fingerprint density at radius 2 is 1.60 bits per heavy atom. The van der Waals surface area contributed by atoms with Crippen molar-refractivity contribution in [3.63, 3.8) is 0 Å². The Hall–Kier alpha value is -0.630. The molecule has 2 fully saturated rings. The molecular weight excluding hydrogens is 186 g/mol. The highest BCUT2D eigenvalue weighted by molar-refractivity contribution is 5.80. The Kier molecular flexibility index (Phi) is 2.39. The number of carbonyl (C=O) groups excluding carboxylic acids is 1. The predicted octanol–water partition coefficient (Wildman–Crippen LogP) is 2.29. The normalized spacial score (nSPS) is 37.5. The maximum atomic E-state index is 11.6. The molecule has 0 amide bonds. The van der Waals surface area contributed by atoms with Crippen LogP contribution >= 0.6 is 0 Å². The summed E-state index contributed by atoms with van der Waals surface area (Å²) >= 11 is 0. The summed E-state index contributed by atoms with van der Waals surface area (Å²) in [5.74, 6) is 0.506. The Morgan fingerprint density at radius 1 is 1.00 bits per heavy atom. The van der Waals surface area contributed by atoms with Crippen molar-refractivity contribution in [2.24, 2.45) is 0 Å². The van der Waals surface area contributed by atoms with Gasteiger partial charge >= 0.3 is 0 Å². The van der Waals surface area contributed by atoms with Crippen LogP contribution < -0.4 is 0 Å². The molecule has 2 bridgehead atoms. The van der Waals surface area contributed by atoms with Crippen LogP contribution in [0.3, 0.4) is 0 Å². The van der Waals surface area contributed by atoms with Gasteiger partial charge in [0.25, 0.3) is 0 Å². The number of carbonyl (C=O) groups is 1. The third-order valence-corrected chi connectivity index (χ3v) is 4.25. The third-order valence-electron chi connectivity index (χ3n) is 4.25. The molecule has 1 aliphatic carbocycles. The van der Waals surface area contributed by atoms with Crippen molar-refractivity contribution in [1.29, 1.82) is 0 Å². The first-order chi connectivity index (χ1) is 7.34. The van der Waals surface area contributed by atoms with E-state index in [1.165, 1.54) is 32.1 Å². The van der Waals surface area contributed by atoms with Crippen LogP contribution in [0.1, 0.15) is 44.9 Å². The topological polar surface area (TPSA) is 20.3 Å². The molecular formula is C13H19NO. The molecule has 2 saturated heterocycles. The molecule has 0 spiro atoms. The van der Waals surface area contributed by atoms with E-state index in [1.807, 2.05) is 0 Å². The van der Waals surface area contributed by atoms with Gasteiger partial charge in [-0.3, -0.25) is 9.69 Å². The van der Waals surface area contributed by atoms with Gasteiger partial charge < -0.3 is 0 Å². The number of hydrogen-bond donors (Lipinski definition) is 0. The Morgan fingerprint density at radius 3 is 2.20 bits per heavy atom. The minimum absolute atomic E-state index is 0.506. The van der Waals surface area contributed by atoms with Gasteiger partial charge in [0, 0.05) is 31.0 Å². The van der Waals surface area contributed by atoms with Crippen LogP contribution in [0.2, 0.25) is 0 Å². The highest BCUT2D eigenvalue weighted by Crippen LogP contribution is 2.36. The van der Waals surface area contributed by atoms with Crippen molar-refractivity contribution in [2.45, 2.75) is 63.1 Å². The van der Waals surface area contributed by atoms with Crippen molar-refractivity contribution in [1.82, 2.24) is 4.90 Å². The highest BCUT2D eigenvalue weighted by Gasteiger charge is 2.40. The fraction of sp³-hybridized carbons (Fsp3) is 0.769. The molecule has 0 aromatic carbocycles. The molecule has 82 valence electrons. The molecule has 2 aliphatic heterocycles. The average molecular weight is 205 g/mol. The van der Waals surface area contributed by atoms with E-state index in [0.29, 0.717) is 23.9 Å². The van der Waals surface area contributed by atoms with Crippen LogP contribution in [0.4, 0.5) is 0 Å². The van der Waals surface area contributed by atoms with Crippen molar-refractivity contribution in [3.05, 3.63) is 12.2 Å². The van der Waals surface area contributed by atoms with Crippen LogP contribution in [0, 0.1) is 0 Å². The molecule has 2 nitrogen and oxygen atoms in total. The zero-order chi connectivity index (χ0) is 10.3. The summed E-state index contributed by atoms with van der Waals surface area (Å²) in [4.78, 5) is 14.3. The number of Topliss-reactive ketones (excluding diaryl/α,β-unsaturated/α-hetero) is 1. The Labute approximate surface area is 91.3 Å². The zero-order valence-corrected chi connectivity index (χ0v) is 9.19. The predicted molar refractivity (Wildman–Crippen MR) is 59.7 cm³/mol. The summed E-state index contributed by atoms with van der Waals surface area (Å²) < 4.78 is 0. The molecule has 0 aromatic heterocycles. The molecule has 0 radical (unpaired) electrons. The molecule has 0 saturated carbocycles. The molecule has 2 heterocycles. The fourth-order valence-electron chi connectivity index (χ4n) is 3.65. The Bertz CT molecular complexity index is 273. The van der Waals surface area contributed by atoms with E-state index < -0.39 is 0 Å². The molecule has 0 N–H and O–H groups in total. The molecule has 2 unspecified atom stereocenters. The van der Waals surface area contributed by atoms with Crippen molar-refractivity contribution < 1.29 is 4.79 Å². The van der Waals surface area contributed by atoms with Gasteiger partial charge in [-0.05, 0) is 25.7 Å². The number of piperidine rings is 2. The van der Waals surface area contributed by atoms with Crippen molar-refractivity contribution in [2.75, 3.05) is 0 Å². The van der Waals surface area contributed by atoms with Crippen molar-refractivity contribution in [3.8, 4) is 0 Å². The standard InChI is InChI=1S/C13H19NO/c15-13-8-11-6-3-7-12(9-13)14(11)10-4-1-2-5-10/h1-2,10-12H,3-9H2. The lowest BCUT2D eigenvalue weighted by molar-refractivity contribution is -0.128. The van der Waals surface area contributed by atoms with Gasteiger partial charge in [0.1, 0.15) is 5.78 Å². The van der Waals surface area contributed by atoms with Crippen LogP contribution in [-0.4, -0.2) is 28.8 Å². The number of rotatable bonds is 1. The minimum Gasteiger partial charge on any atom is -0.300 e. The monoisotopic (exact) mass is 205 g/mol. The molecule has 2 heteroatoms. The van der Waals surface area contributed by atoms with E-state index in [1.54, 1.807) is 0 Å². The second-order valence-electron chi connectivity index (χ2n) is 5.23. The highest BCUT2D eigenvalue weighted by atomic mass is 16.1. The van der Waals surface area contributed by atoms with E-state index in [0.717, 1.165) is 12.8 Å². The fourth-order valence-corrected chi connectivity index (χ4v) is 3.65. The summed E-state index contributed by atoms with van der Waals surface area (Å²) in [6.45, 7) is 0. The number of ketones is 1. The lowest BCUT2D eigenvalue weighted by Crippen LogP contribution is -2.56. The first-order valence-electron chi connectivity index (χ1n) is 6.29. The molecule has 3 rings (SSSR count). The second-order valence-corrected chi connectivity index (χ2v) is 5.23.